The van der Waals surface area contributed by atoms with Crippen LogP contribution in [0.3, 0.4) is 0 Å². The topological polar surface area (TPSA) is 88.2 Å². The van der Waals surface area contributed by atoms with E-state index in [1.165, 1.54) is 13.3 Å². The Bertz CT molecular complexity index is 404. The van der Waals surface area contributed by atoms with Gasteiger partial charge in [0.2, 0.25) is 0 Å². The fourth-order valence-corrected chi connectivity index (χ4v) is 1.99. The molecule has 0 spiro atoms. The summed E-state index contributed by atoms with van der Waals surface area (Å²) in [5.74, 6) is -0.695. The van der Waals surface area contributed by atoms with Gasteiger partial charge < -0.3 is 9.64 Å². The zero-order chi connectivity index (χ0) is 12.3. The maximum atomic E-state index is 12.0. The summed E-state index contributed by atoms with van der Waals surface area (Å²) in [5, 5.41) is 9.73. The van der Waals surface area contributed by atoms with Gasteiger partial charge in [0.1, 0.15) is 0 Å². The Kier molecular flexibility index (Phi) is 3.36. The Morgan fingerprint density at radius 2 is 2.41 bits per heavy atom. The fourth-order valence-electron chi connectivity index (χ4n) is 1.99. The van der Waals surface area contributed by atoms with E-state index >= 15 is 0 Å². The largest absolute Gasteiger partial charge is 0.469 e. The van der Waals surface area contributed by atoms with Crippen LogP contribution in [0.4, 0.5) is 0 Å². The molecule has 0 radical (unpaired) electrons. The summed E-state index contributed by atoms with van der Waals surface area (Å²) in [6.45, 7) is 1.03. The number of nitrogens with one attached hydrogen (secondary N) is 1. The minimum Gasteiger partial charge on any atom is -0.469 e. The SMILES string of the molecule is COC(=O)[C@H]1CCCN(C(=O)c2cn[nH]n2)C1. The summed E-state index contributed by atoms with van der Waals surface area (Å²) in [5.41, 5.74) is 0.274. The van der Waals surface area contributed by atoms with Crippen LogP contribution < -0.4 is 0 Å². The average Bonchev–Trinajstić information content (AvgIpc) is 2.91. The fraction of sp³-hybridized carbons (Fsp3) is 0.600. The molecule has 2 heterocycles. The van der Waals surface area contributed by atoms with Crippen LogP contribution in [-0.2, 0) is 9.53 Å². The first-order valence-corrected chi connectivity index (χ1v) is 5.45. The van der Waals surface area contributed by atoms with Crippen molar-refractivity contribution in [2.45, 2.75) is 12.8 Å². The van der Waals surface area contributed by atoms with Crippen LogP contribution in [0.15, 0.2) is 6.20 Å². The van der Waals surface area contributed by atoms with Gasteiger partial charge in [-0.2, -0.15) is 15.4 Å². The van der Waals surface area contributed by atoms with Crippen molar-refractivity contribution < 1.29 is 14.3 Å². The van der Waals surface area contributed by atoms with Crippen molar-refractivity contribution in [3.8, 4) is 0 Å². The third-order valence-corrected chi connectivity index (χ3v) is 2.88. The Balaban J connectivity index is 2.02. The predicted molar refractivity (Wildman–Crippen MR) is 57.0 cm³/mol. The van der Waals surface area contributed by atoms with Gasteiger partial charge in [-0.3, -0.25) is 9.59 Å². The van der Waals surface area contributed by atoms with Crippen LogP contribution in [0.2, 0.25) is 0 Å². The lowest BCUT2D eigenvalue weighted by Gasteiger charge is -2.30. The van der Waals surface area contributed by atoms with Gasteiger partial charge in [-0.1, -0.05) is 0 Å². The van der Waals surface area contributed by atoms with Gasteiger partial charge in [0.25, 0.3) is 5.91 Å². The summed E-state index contributed by atoms with van der Waals surface area (Å²) in [7, 11) is 1.36. The quantitative estimate of drug-likeness (QED) is 0.723. The lowest BCUT2D eigenvalue weighted by atomic mass is 9.98. The van der Waals surface area contributed by atoms with Gasteiger partial charge in [0, 0.05) is 13.1 Å². The number of rotatable bonds is 2. The number of ether oxygens (including phenoxy) is 1. The number of carbonyl (C=O) groups excluding carboxylic acids is 2. The number of aromatic amines is 1. The summed E-state index contributed by atoms with van der Waals surface area (Å²) < 4.78 is 4.70. The first-order chi connectivity index (χ1) is 8.22. The second-order valence-electron chi connectivity index (χ2n) is 3.97. The second kappa shape index (κ2) is 4.94. The van der Waals surface area contributed by atoms with E-state index in [9.17, 15) is 9.59 Å². The number of nitrogens with zero attached hydrogens (tertiary/aromatic N) is 3. The number of amides is 1. The standard InChI is InChI=1S/C10H14N4O3/c1-17-10(16)7-3-2-4-14(6-7)9(15)8-5-11-13-12-8/h5,7H,2-4,6H2,1H3,(H,11,12,13)/t7-/m0/s1. The van der Waals surface area contributed by atoms with Crippen molar-refractivity contribution in [1.29, 1.82) is 0 Å². The van der Waals surface area contributed by atoms with Gasteiger partial charge in [0.15, 0.2) is 5.69 Å². The number of piperidine rings is 1. The number of H-pyrrole nitrogens is 1. The van der Waals surface area contributed by atoms with E-state index in [4.69, 9.17) is 4.74 Å². The molecule has 7 heteroatoms. The van der Waals surface area contributed by atoms with Crippen molar-refractivity contribution in [2.75, 3.05) is 20.2 Å². The van der Waals surface area contributed by atoms with Crippen LogP contribution in [0, 0.1) is 5.92 Å². The highest BCUT2D eigenvalue weighted by Crippen LogP contribution is 2.18. The zero-order valence-corrected chi connectivity index (χ0v) is 9.55. The monoisotopic (exact) mass is 238 g/mol. The van der Waals surface area contributed by atoms with Crippen LogP contribution in [0.1, 0.15) is 23.3 Å². The number of carbonyl (C=O) groups is 2. The Labute approximate surface area is 98.1 Å². The van der Waals surface area contributed by atoms with Gasteiger partial charge in [-0.15, -0.1) is 0 Å². The molecule has 2 rings (SSSR count). The number of hydrogen-bond acceptors (Lipinski definition) is 5. The number of methoxy groups -OCH3 is 1. The van der Waals surface area contributed by atoms with E-state index in [2.05, 4.69) is 15.4 Å². The first-order valence-electron chi connectivity index (χ1n) is 5.45. The molecule has 1 atom stereocenters. The molecular formula is C10H14N4O3. The highest BCUT2D eigenvalue weighted by molar-refractivity contribution is 5.92. The third kappa shape index (κ3) is 2.43. The van der Waals surface area contributed by atoms with E-state index in [-0.39, 0.29) is 23.5 Å². The molecule has 1 aromatic heterocycles. The normalized spacial score (nSPS) is 20.1. The minimum atomic E-state index is -0.261. The molecule has 1 saturated heterocycles. The summed E-state index contributed by atoms with van der Waals surface area (Å²) in [4.78, 5) is 25.0. The molecule has 1 aromatic rings. The van der Waals surface area contributed by atoms with Crippen molar-refractivity contribution >= 4 is 11.9 Å². The highest BCUT2D eigenvalue weighted by Gasteiger charge is 2.30. The van der Waals surface area contributed by atoms with E-state index in [1.807, 2.05) is 0 Å². The van der Waals surface area contributed by atoms with E-state index in [0.717, 1.165) is 12.8 Å². The van der Waals surface area contributed by atoms with Crippen molar-refractivity contribution in [2.24, 2.45) is 5.92 Å². The molecule has 1 amide bonds. The van der Waals surface area contributed by atoms with Crippen molar-refractivity contribution in [3.05, 3.63) is 11.9 Å². The van der Waals surface area contributed by atoms with Crippen LogP contribution in [0.25, 0.3) is 0 Å². The molecule has 1 N–H and O–H groups in total. The molecule has 92 valence electrons. The van der Waals surface area contributed by atoms with Crippen LogP contribution in [-0.4, -0.2) is 52.4 Å². The number of aromatic nitrogens is 3. The molecule has 0 bridgehead atoms. The lowest BCUT2D eigenvalue weighted by molar-refractivity contribution is -0.146. The predicted octanol–water partition coefficient (Wildman–Crippen LogP) is -0.170. The van der Waals surface area contributed by atoms with Crippen LogP contribution >= 0.6 is 0 Å². The van der Waals surface area contributed by atoms with Gasteiger partial charge >= 0.3 is 5.97 Å². The Morgan fingerprint density at radius 3 is 3.06 bits per heavy atom. The van der Waals surface area contributed by atoms with Crippen LogP contribution in [0.5, 0.6) is 0 Å². The van der Waals surface area contributed by atoms with Gasteiger partial charge in [0.05, 0.1) is 19.2 Å². The molecular weight excluding hydrogens is 224 g/mol. The zero-order valence-electron chi connectivity index (χ0n) is 9.55. The Morgan fingerprint density at radius 1 is 1.59 bits per heavy atom. The molecule has 0 unspecified atom stereocenters. The molecule has 1 aliphatic rings. The second-order valence-corrected chi connectivity index (χ2v) is 3.97. The maximum absolute atomic E-state index is 12.0. The van der Waals surface area contributed by atoms with Gasteiger partial charge in [-0.05, 0) is 12.8 Å². The van der Waals surface area contributed by atoms with E-state index < -0.39 is 0 Å². The molecule has 0 aliphatic carbocycles. The molecule has 7 nitrogen and oxygen atoms in total. The van der Waals surface area contributed by atoms with E-state index in [1.54, 1.807) is 4.90 Å². The molecule has 1 aliphatic heterocycles. The number of likely N-dealkylation sites (tertiary alicyclic amines) is 1. The highest BCUT2D eigenvalue weighted by atomic mass is 16.5. The minimum absolute atomic E-state index is 0.202. The molecule has 0 saturated carbocycles. The molecule has 1 fully saturated rings. The molecule has 0 aromatic carbocycles. The summed E-state index contributed by atoms with van der Waals surface area (Å²) in [6.07, 6.45) is 2.93. The maximum Gasteiger partial charge on any atom is 0.310 e. The third-order valence-electron chi connectivity index (χ3n) is 2.88. The van der Waals surface area contributed by atoms with Gasteiger partial charge in [-0.25, -0.2) is 0 Å². The summed E-state index contributed by atoms with van der Waals surface area (Å²) in [6, 6.07) is 0. The number of esters is 1. The molecule has 17 heavy (non-hydrogen) atoms. The smallest absolute Gasteiger partial charge is 0.310 e. The lowest BCUT2D eigenvalue weighted by Crippen LogP contribution is -2.42. The number of hydrogen-bond donors (Lipinski definition) is 1. The van der Waals surface area contributed by atoms with E-state index in [0.29, 0.717) is 13.1 Å². The van der Waals surface area contributed by atoms with Crippen molar-refractivity contribution in [3.63, 3.8) is 0 Å². The summed E-state index contributed by atoms with van der Waals surface area (Å²) >= 11 is 0. The average molecular weight is 238 g/mol. The van der Waals surface area contributed by atoms with Crippen molar-refractivity contribution in [1.82, 2.24) is 20.3 Å². The Hall–Kier alpha value is -1.92. The first kappa shape index (κ1) is 11.6.